The van der Waals surface area contributed by atoms with E-state index < -0.39 is 0 Å². The molecule has 0 unspecified atom stereocenters. The fourth-order valence-corrected chi connectivity index (χ4v) is 1.67. The van der Waals surface area contributed by atoms with Gasteiger partial charge in [-0.25, -0.2) is 0 Å². The van der Waals surface area contributed by atoms with E-state index in [0.717, 1.165) is 11.4 Å². The summed E-state index contributed by atoms with van der Waals surface area (Å²) in [5.74, 6) is -0.0510. The number of amides is 1. The molecule has 0 bridgehead atoms. The number of hydrogen-bond donors (Lipinski definition) is 2. The minimum absolute atomic E-state index is 0.0510. The molecule has 0 spiro atoms. The Labute approximate surface area is 111 Å². The Morgan fingerprint density at radius 2 is 2.05 bits per heavy atom. The van der Waals surface area contributed by atoms with E-state index >= 15 is 0 Å². The Morgan fingerprint density at radius 1 is 1.32 bits per heavy atom. The van der Waals surface area contributed by atoms with Crippen LogP contribution in [0.5, 0.6) is 0 Å². The van der Waals surface area contributed by atoms with Crippen molar-refractivity contribution in [2.45, 2.75) is 13.5 Å². The highest BCUT2D eigenvalue weighted by atomic mass is 16.1. The minimum Gasteiger partial charge on any atom is -0.379 e. The Bertz CT molecular complexity index is 546. The van der Waals surface area contributed by atoms with Crippen LogP contribution in [0.1, 0.15) is 23.0 Å². The van der Waals surface area contributed by atoms with Crippen molar-refractivity contribution in [3.8, 4) is 0 Å². The lowest BCUT2D eigenvalue weighted by Gasteiger charge is -2.07. The van der Waals surface area contributed by atoms with Crippen LogP contribution in [0.15, 0.2) is 30.5 Å². The lowest BCUT2D eigenvalue weighted by Crippen LogP contribution is -2.22. The summed E-state index contributed by atoms with van der Waals surface area (Å²) in [6.45, 7) is 3.17. The van der Waals surface area contributed by atoms with Crippen molar-refractivity contribution in [1.82, 2.24) is 20.3 Å². The predicted molar refractivity (Wildman–Crippen MR) is 72.8 cm³/mol. The van der Waals surface area contributed by atoms with Gasteiger partial charge in [0, 0.05) is 24.8 Å². The Hall–Kier alpha value is -2.37. The molecule has 0 saturated heterocycles. The second kappa shape index (κ2) is 5.99. The van der Waals surface area contributed by atoms with Crippen molar-refractivity contribution in [2.75, 3.05) is 11.9 Å². The van der Waals surface area contributed by atoms with E-state index in [1.807, 2.05) is 26.1 Å². The quantitative estimate of drug-likeness (QED) is 0.845. The molecule has 1 aromatic carbocycles. The molecular formula is C13H17N5O. The summed E-state index contributed by atoms with van der Waals surface area (Å²) >= 11 is 0. The van der Waals surface area contributed by atoms with Crippen molar-refractivity contribution >= 4 is 11.6 Å². The monoisotopic (exact) mass is 259 g/mol. The summed E-state index contributed by atoms with van der Waals surface area (Å²) in [7, 11) is 1.85. The topological polar surface area (TPSA) is 71.8 Å². The van der Waals surface area contributed by atoms with Crippen LogP contribution in [0.2, 0.25) is 0 Å². The van der Waals surface area contributed by atoms with E-state index in [1.165, 1.54) is 0 Å². The van der Waals surface area contributed by atoms with Gasteiger partial charge in [0.15, 0.2) is 0 Å². The minimum atomic E-state index is -0.0510. The average molecular weight is 259 g/mol. The molecular weight excluding hydrogens is 242 g/mol. The molecule has 100 valence electrons. The number of carbonyl (C=O) groups excluding carboxylic acids is 1. The maximum Gasteiger partial charge on any atom is 0.251 e. The van der Waals surface area contributed by atoms with Gasteiger partial charge in [0.25, 0.3) is 5.91 Å². The highest BCUT2D eigenvalue weighted by Gasteiger charge is 2.04. The van der Waals surface area contributed by atoms with Crippen LogP contribution in [0.25, 0.3) is 0 Å². The molecule has 1 amide bonds. The van der Waals surface area contributed by atoms with Crippen LogP contribution in [-0.2, 0) is 13.6 Å². The van der Waals surface area contributed by atoms with Gasteiger partial charge in [-0.3, -0.25) is 9.48 Å². The molecule has 2 aromatic rings. The average Bonchev–Trinajstić information content (AvgIpc) is 2.83. The van der Waals surface area contributed by atoms with Crippen molar-refractivity contribution in [3.63, 3.8) is 0 Å². The van der Waals surface area contributed by atoms with E-state index in [4.69, 9.17) is 0 Å². The number of nitrogens with zero attached hydrogens (tertiary/aromatic N) is 3. The summed E-state index contributed by atoms with van der Waals surface area (Å²) in [4.78, 5) is 11.6. The van der Waals surface area contributed by atoms with E-state index in [9.17, 15) is 4.79 Å². The molecule has 2 rings (SSSR count). The molecule has 1 aromatic heterocycles. The zero-order valence-electron chi connectivity index (χ0n) is 11.1. The number of aromatic nitrogens is 3. The predicted octanol–water partition coefficient (Wildman–Crippen LogP) is 1.18. The maximum absolute atomic E-state index is 11.6. The lowest BCUT2D eigenvalue weighted by atomic mass is 10.2. The van der Waals surface area contributed by atoms with Crippen LogP contribution in [-0.4, -0.2) is 27.4 Å². The Balaban J connectivity index is 1.95. The molecule has 2 N–H and O–H groups in total. The van der Waals surface area contributed by atoms with E-state index in [2.05, 4.69) is 20.9 Å². The summed E-state index contributed by atoms with van der Waals surface area (Å²) in [5.41, 5.74) is 2.61. The summed E-state index contributed by atoms with van der Waals surface area (Å²) in [6, 6.07) is 7.37. The van der Waals surface area contributed by atoms with Crippen LogP contribution in [0.3, 0.4) is 0 Å². The van der Waals surface area contributed by atoms with Crippen molar-refractivity contribution in [2.24, 2.45) is 7.05 Å². The number of rotatable bonds is 5. The van der Waals surface area contributed by atoms with Gasteiger partial charge < -0.3 is 10.6 Å². The van der Waals surface area contributed by atoms with Gasteiger partial charge in [-0.15, -0.1) is 5.10 Å². The molecule has 19 heavy (non-hydrogen) atoms. The highest BCUT2D eigenvalue weighted by molar-refractivity contribution is 5.94. The zero-order valence-corrected chi connectivity index (χ0v) is 11.1. The molecule has 0 radical (unpaired) electrons. The largest absolute Gasteiger partial charge is 0.379 e. The highest BCUT2D eigenvalue weighted by Crippen LogP contribution is 2.10. The Morgan fingerprint density at radius 3 is 2.63 bits per heavy atom. The van der Waals surface area contributed by atoms with Gasteiger partial charge in [0.2, 0.25) is 0 Å². The van der Waals surface area contributed by atoms with E-state index in [1.54, 1.807) is 23.0 Å². The van der Waals surface area contributed by atoms with Crippen molar-refractivity contribution in [3.05, 3.63) is 41.7 Å². The van der Waals surface area contributed by atoms with E-state index in [-0.39, 0.29) is 5.91 Å². The molecule has 0 aliphatic heterocycles. The molecule has 1 heterocycles. The number of nitrogens with one attached hydrogen (secondary N) is 2. The van der Waals surface area contributed by atoms with Gasteiger partial charge >= 0.3 is 0 Å². The first-order valence-corrected chi connectivity index (χ1v) is 6.16. The summed E-state index contributed by atoms with van der Waals surface area (Å²) in [6.07, 6.45) is 1.72. The first-order valence-electron chi connectivity index (χ1n) is 6.16. The van der Waals surface area contributed by atoms with Gasteiger partial charge in [0.05, 0.1) is 18.4 Å². The number of anilines is 1. The number of hydrogen-bond acceptors (Lipinski definition) is 4. The SMILES string of the molecule is CCNC(=O)c1ccc(NCc2cnnn2C)cc1. The van der Waals surface area contributed by atoms with Gasteiger partial charge in [-0.05, 0) is 31.2 Å². The Kier molecular flexibility index (Phi) is 4.12. The third-order valence-electron chi connectivity index (χ3n) is 2.77. The van der Waals surface area contributed by atoms with Crippen LogP contribution in [0.4, 0.5) is 5.69 Å². The standard InChI is InChI=1S/C13H17N5O/c1-3-14-13(19)10-4-6-11(7-5-10)15-8-12-9-16-17-18(12)2/h4-7,9,15H,3,8H2,1-2H3,(H,14,19). The van der Waals surface area contributed by atoms with Crippen LogP contribution < -0.4 is 10.6 Å². The summed E-state index contributed by atoms with van der Waals surface area (Å²) in [5, 5.41) is 13.7. The number of carbonyl (C=O) groups is 1. The smallest absolute Gasteiger partial charge is 0.251 e. The molecule has 6 heteroatoms. The van der Waals surface area contributed by atoms with Crippen molar-refractivity contribution < 1.29 is 4.79 Å². The van der Waals surface area contributed by atoms with Gasteiger partial charge in [0.1, 0.15) is 0 Å². The third-order valence-corrected chi connectivity index (χ3v) is 2.77. The molecule has 0 saturated carbocycles. The number of benzene rings is 1. The molecule has 0 aliphatic carbocycles. The number of aryl methyl sites for hydroxylation is 1. The maximum atomic E-state index is 11.6. The normalized spacial score (nSPS) is 10.2. The third kappa shape index (κ3) is 3.31. The van der Waals surface area contributed by atoms with Crippen molar-refractivity contribution in [1.29, 1.82) is 0 Å². The second-order valence-electron chi connectivity index (χ2n) is 4.14. The zero-order chi connectivity index (χ0) is 13.7. The fraction of sp³-hybridized carbons (Fsp3) is 0.308. The van der Waals surface area contributed by atoms with Crippen LogP contribution >= 0.6 is 0 Å². The van der Waals surface area contributed by atoms with E-state index in [0.29, 0.717) is 18.7 Å². The van der Waals surface area contributed by atoms with Gasteiger partial charge in [-0.2, -0.15) is 0 Å². The second-order valence-corrected chi connectivity index (χ2v) is 4.14. The first-order chi connectivity index (χ1) is 9.20. The first kappa shape index (κ1) is 13.1. The molecule has 0 aliphatic rings. The van der Waals surface area contributed by atoms with Crippen LogP contribution in [0, 0.1) is 0 Å². The molecule has 0 fully saturated rings. The summed E-state index contributed by atoms with van der Waals surface area (Å²) < 4.78 is 1.72. The fourth-order valence-electron chi connectivity index (χ4n) is 1.67. The molecule has 6 nitrogen and oxygen atoms in total. The molecule has 0 atom stereocenters. The lowest BCUT2D eigenvalue weighted by molar-refractivity contribution is 0.0956. The van der Waals surface area contributed by atoms with Gasteiger partial charge in [-0.1, -0.05) is 5.21 Å².